The normalized spacial score (nSPS) is 19.9. The van der Waals surface area contributed by atoms with E-state index in [1.54, 1.807) is 6.08 Å². The van der Waals surface area contributed by atoms with Gasteiger partial charge in [0, 0.05) is 50.1 Å². The molecule has 0 aromatic heterocycles. The summed E-state index contributed by atoms with van der Waals surface area (Å²) in [5.41, 5.74) is 0.791. The Morgan fingerprint density at radius 1 is 0.920 bits per heavy atom. The minimum Gasteiger partial charge on any atom is -0.375 e. The van der Waals surface area contributed by atoms with Crippen LogP contribution in [0, 0.1) is 0 Å². The zero-order chi connectivity index (χ0) is 17.1. The van der Waals surface area contributed by atoms with Crippen molar-refractivity contribution in [3.05, 3.63) is 60.3 Å². The molecule has 0 spiro atoms. The minimum atomic E-state index is 0.0926. The molecular weight excluding hydrogens is 308 g/mol. The van der Waals surface area contributed by atoms with E-state index in [0.29, 0.717) is 0 Å². The highest BCUT2D eigenvalue weighted by Gasteiger charge is 2.25. The number of piperazine rings is 1. The largest absolute Gasteiger partial charge is 0.375 e. The van der Waals surface area contributed by atoms with Crippen LogP contribution >= 0.6 is 0 Å². The smallest absolute Gasteiger partial charge is 0.187 e. The molecule has 1 aliphatic heterocycles. The lowest BCUT2D eigenvalue weighted by atomic mass is 10.0. The maximum absolute atomic E-state index is 12.7. The molecule has 1 saturated carbocycles. The number of carbonyl (C=O) groups excluding carboxylic acids is 1. The second kappa shape index (κ2) is 7.40. The standard InChI is InChI=1S/C22H26N2O/c25-22(21-11-5-7-18-6-1-4-10-20(18)21)12-13-23-14-16-24(17-15-23)19-8-2-3-9-19/h1,4-7,10-13,19H,2-3,8-9,14-17H2. The fourth-order valence-corrected chi connectivity index (χ4v) is 4.22. The molecule has 1 aliphatic carbocycles. The van der Waals surface area contributed by atoms with E-state index in [1.165, 1.54) is 25.7 Å². The van der Waals surface area contributed by atoms with E-state index in [4.69, 9.17) is 0 Å². The molecule has 1 saturated heterocycles. The van der Waals surface area contributed by atoms with Gasteiger partial charge < -0.3 is 4.90 Å². The van der Waals surface area contributed by atoms with Crippen molar-refractivity contribution in [1.82, 2.24) is 9.80 Å². The first kappa shape index (κ1) is 16.3. The summed E-state index contributed by atoms with van der Waals surface area (Å²) in [4.78, 5) is 17.6. The maximum atomic E-state index is 12.7. The lowest BCUT2D eigenvalue weighted by molar-refractivity contribution is 0.104. The van der Waals surface area contributed by atoms with Crippen molar-refractivity contribution in [3.8, 4) is 0 Å². The third-order valence-corrected chi connectivity index (χ3v) is 5.68. The second-order valence-corrected chi connectivity index (χ2v) is 7.22. The molecule has 130 valence electrons. The van der Waals surface area contributed by atoms with Crippen LogP contribution in [0.2, 0.25) is 0 Å². The average molecular weight is 334 g/mol. The molecule has 0 amide bonds. The van der Waals surface area contributed by atoms with Gasteiger partial charge in [-0.25, -0.2) is 0 Å². The summed E-state index contributed by atoms with van der Waals surface area (Å²) in [6, 6.07) is 14.8. The maximum Gasteiger partial charge on any atom is 0.187 e. The van der Waals surface area contributed by atoms with Crippen LogP contribution < -0.4 is 0 Å². The van der Waals surface area contributed by atoms with E-state index >= 15 is 0 Å². The van der Waals surface area contributed by atoms with Crippen molar-refractivity contribution in [2.24, 2.45) is 0 Å². The predicted molar refractivity (Wildman–Crippen MR) is 103 cm³/mol. The van der Waals surface area contributed by atoms with Crippen LogP contribution in [0.1, 0.15) is 36.0 Å². The van der Waals surface area contributed by atoms with Crippen molar-refractivity contribution in [1.29, 1.82) is 0 Å². The van der Waals surface area contributed by atoms with Crippen molar-refractivity contribution < 1.29 is 4.79 Å². The molecule has 4 rings (SSSR count). The Balaban J connectivity index is 1.39. The zero-order valence-corrected chi connectivity index (χ0v) is 14.7. The Kier molecular flexibility index (Phi) is 4.84. The number of nitrogens with zero attached hydrogens (tertiary/aromatic N) is 2. The van der Waals surface area contributed by atoms with Gasteiger partial charge in [0.05, 0.1) is 0 Å². The molecule has 3 nitrogen and oxygen atoms in total. The van der Waals surface area contributed by atoms with Gasteiger partial charge in [-0.15, -0.1) is 0 Å². The van der Waals surface area contributed by atoms with Crippen LogP contribution in [-0.4, -0.2) is 47.8 Å². The summed E-state index contributed by atoms with van der Waals surface area (Å²) in [7, 11) is 0. The predicted octanol–water partition coefficient (Wildman–Crippen LogP) is 4.10. The van der Waals surface area contributed by atoms with Crippen LogP contribution in [0.3, 0.4) is 0 Å². The van der Waals surface area contributed by atoms with E-state index in [0.717, 1.165) is 48.6 Å². The molecule has 2 fully saturated rings. The van der Waals surface area contributed by atoms with E-state index in [1.807, 2.05) is 36.5 Å². The number of allylic oxidation sites excluding steroid dienone is 1. The molecule has 25 heavy (non-hydrogen) atoms. The van der Waals surface area contributed by atoms with Crippen LogP contribution in [0.25, 0.3) is 10.8 Å². The first-order valence-corrected chi connectivity index (χ1v) is 9.50. The van der Waals surface area contributed by atoms with Gasteiger partial charge in [0.1, 0.15) is 0 Å². The van der Waals surface area contributed by atoms with Crippen LogP contribution in [0.4, 0.5) is 0 Å². The van der Waals surface area contributed by atoms with E-state index in [9.17, 15) is 4.79 Å². The topological polar surface area (TPSA) is 23.6 Å². The first-order chi connectivity index (χ1) is 12.3. The minimum absolute atomic E-state index is 0.0926. The van der Waals surface area contributed by atoms with Gasteiger partial charge >= 0.3 is 0 Å². The number of fused-ring (bicyclic) bond motifs is 1. The summed E-state index contributed by atoms with van der Waals surface area (Å²) in [6.45, 7) is 4.29. The molecule has 0 bridgehead atoms. The van der Waals surface area contributed by atoms with Crippen LogP contribution in [0.5, 0.6) is 0 Å². The van der Waals surface area contributed by atoms with Gasteiger partial charge in [0.25, 0.3) is 0 Å². The fraction of sp³-hybridized carbons (Fsp3) is 0.409. The van der Waals surface area contributed by atoms with Gasteiger partial charge in [-0.3, -0.25) is 9.69 Å². The number of hydrogen-bond acceptors (Lipinski definition) is 3. The van der Waals surface area contributed by atoms with Crippen LogP contribution in [0.15, 0.2) is 54.7 Å². The lowest BCUT2D eigenvalue weighted by Crippen LogP contribution is -2.47. The first-order valence-electron chi connectivity index (χ1n) is 9.50. The quantitative estimate of drug-likeness (QED) is 0.621. The van der Waals surface area contributed by atoms with Gasteiger partial charge in [-0.2, -0.15) is 0 Å². The summed E-state index contributed by atoms with van der Waals surface area (Å²) in [5.74, 6) is 0.0926. The van der Waals surface area contributed by atoms with Crippen molar-refractivity contribution in [2.75, 3.05) is 26.2 Å². The Morgan fingerprint density at radius 3 is 2.44 bits per heavy atom. The average Bonchev–Trinajstić information content (AvgIpc) is 3.21. The number of benzene rings is 2. The Bertz CT molecular complexity index is 763. The molecule has 0 radical (unpaired) electrons. The molecule has 0 unspecified atom stereocenters. The van der Waals surface area contributed by atoms with Crippen LogP contribution in [-0.2, 0) is 0 Å². The lowest BCUT2D eigenvalue weighted by Gasteiger charge is -2.37. The number of hydrogen-bond donors (Lipinski definition) is 0. The zero-order valence-electron chi connectivity index (χ0n) is 14.7. The molecule has 0 N–H and O–H groups in total. The van der Waals surface area contributed by atoms with Crippen molar-refractivity contribution >= 4 is 16.6 Å². The Morgan fingerprint density at radius 2 is 1.64 bits per heavy atom. The molecule has 2 aliphatic rings. The van der Waals surface area contributed by atoms with E-state index in [2.05, 4.69) is 21.9 Å². The second-order valence-electron chi connectivity index (χ2n) is 7.22. The highest BCUT2D eigenvalue weighted by molar-refractivity contribution is 6.13. The monoisotopic (exact) mass is 334 g/mol. The fourth-order valence-electron chi connectivity index (χ4n) is 4.22. The van der Waals surface area contributed by atoms with Gasteiger partial charge in [-0.05, 0) is 23.6 Å². The molecule has 2 aromatic carbocycles. The number of ketones is 1. The summed E-state index contributed by atoms with van der Waals surface area (Å²) in [6.07, 6.45) is 9.27. The number of rotatable bonds is 4. The highest BCUT2D eigenvalue weighted by atomic mass is 16.1. The molecule has 0 atom stereocenters. The molecule has 2 aromatic rings. The Hall–Kier alpha value is -2.13. The van der Waals surface area contributed by atoms with Gasteiger partial charge in [-0.1, -0.05) is 55.3 Å². The van der Waals surface area contributed by atoms with Crippen molar-refractivity contribution in [3.63, 3.8) is 0 Å². The third-order valence-electron chi connectivity index (χ3n) is 5.68. The summed E-state index contributed by atoms with van der Waals surface area (Å²) in [5, 5.41) is 2.15. The molecular formula is C22H26N2O. The van der Waals surface area contributed by atoms with E-state index in [-0.39, 0.29) is 5.78 Å². The summed E-state index contributed by atoms with van der Waals surface area (Å²) < 4.78 is 0. The molecule has 3 heteroatoms. The van der Waals surface area contributed by atoms with Gasteiger partial charge in [0.2, 0.25) is 0 Å². The van der Waals surface area contributed by atoms with Crippen molar-refractivity contribution in [2.45, 2.75) is 31.7 Å². The number of carbonyl (C=O) groups is 1. The Labute approximate surface area is 149 Å². The molecule has 1 heterocycles. The highest BCUT2D eigenvalue weighted by Crippen LogP contribution is 2.24. The van der Waals surface area contributed by atoms with Gasteiger partial charge in [0.15, 0.2) is 5.78 Å². The van der Waals surface area contributed by atoms with E-state index < -0.39 is 0 Å². The SMILES string of the molecule is O=C(C=CN1CCN(C2CCCC2)CC1)c1cccc2ccccc12. The third kappa shape index (κ3) is 3.62. The summed E-state index contributed by atoms with van der Waals surface area (Å²) >= 11 is 0.